The molecule has 19 heavy (non-hydrogen) atoms. The molecule has 0 aliphatic carbocycles. The Morgan fingerprint density at radius 1 is 1.37 bits per heavy atom. The largest absolute Gasteiger partial charge is 0.396 e. The van der Waals surface area contributed by atoms with Crippen molar-refractivity contribution in [3.63, 3.8) is 0 Å². The van der Waals surface area contributed by atoms with E-state index in [-0.39, 0.29) is 24.3 Å². The van der Waals surface area contributed by atoms with Crippen LogP contribution in [0.5, 0.6) is 0 Å². The Kier molecular flexibility index (Phi) is 5.25. The fraction of sp³-hybridized carbons (Fsp3) is 0.364. The van der Waals surface area contributed by atoms with Gasteiger partial charge in [-0.05, 0) is 18.6 Å². The van der Waals surface area contributed by atoms with Crippen LogP contribution in [0.15, 0.2) is 18.2 Å². The number of hydrogen-bond acceptors (Lipinski definition) is 4. The molecule has 0 spiro atoms. The van der Waals surface area contributed by atoms with Gasteiger partial charge in [0.25, 0.3) is 5.91 Å². The lowest BCUT2D eigenvalue weighted by atomic mass is 10.1. The molecule has 0 aliphatic heterocycles. The molecule has 0 saturated carbocycles. The molecular weight excluding hydrogens is 273 g/mol. The molecule has 4 N–H and O–H groups in total. The van der Waals surface area contributed by atoms with Crippen LogP contribution in [-0.4, -0.2) is 33.7 Å². The molecule has 0 aromatic heterocycles. The smallest absolute Gasteiger partial charge is 0.253 e. The number of nitrogens with two attached hydrogens (primary N) is 1. The van der Waals surface area contributed by atoms with E-state index in [4.69, 9.17) is 5.73 Å². The number of nitrogens with one attached hydrogen (secondary N) is 2. The lowest BCUT2D eigenvalue weighted by Gasteiger charge is -2.08. The first-order valence-electron chi connectivity index (χ1n) is 5.58. The standard InChI is InChI=1S/C11H16FN3O3S/c1-19(17,18)15-7-3-6-14-11(16)8-4-2-5-9(12)10(8)13/h2,4-5,15H,3,6-7,13H2,1H3,(H,14,16). The number of amides is 1. The maximum absolute atomic E-state index is 13.1. The van der Waals surface area contributed by atoms with Gasteiger partial charge in [-0.2, -0.15) is 0 Å². The number of halogens is 1. The Bertz CT molecular complexity index is 560. The van der Waals surface area contributed by atoms with Gasteiger partial charge < -0.3 is 11.1 Å². The third-order valence-electron chi connectivity index (χ3n) is 2.30. The maximum atomic E-state index is 13.1. The van der Waals surface area contributed by atoms with Gasteiger partial charge in [0.2, 0.25) is 10.0 Å². The molecule has 0 fully saturated rings. The number of sulfonamides is 1. The van der Waals surface area contributed by atoms with E-state index in [1.54, 1.807) is 0 Å². The van der Waals surface area contributed by atoms with Gasteiger partial charge in [0.1, 0.15) is 5.82 Å². The molecule has 106 valence electrons. The minimum absolute atomic E-state index is 0.0658. The number of carbonyl (C=O) groups excluding carboxylic acids is 1. The summed E-state index contributed by atoms with van der Waals surface area (Å²) in [7, 11) is -3.22. The van der Waals surface area contributed by atoms with Gasteiger partial charge in [-0.15, -0.1) is 0 Å². The van der Waals surface area contributed by atoms with Crippen molar-refractivity contribution >= 4 is 21.6 Å². The van der Waals surface area contributed by atoms with Gasteiger partial charge in [0.15, 0.2) is 0 Å². The van der Waals surface area contributed by atoms with Crippen molar-refractivity contribution in [2.45, 2.75) is 6.42 Å². The third kappa shape index (κ3) is 5.23. The third-order valence-corrected chi connectivity index (χ3v) is 3.03. The van der Waals surface area contributed by atoms with Crippen molar-refractivity contribution in [3.8, 4) is 0 Å². The van der Waals surface area contributed by atoms with E-state index in [0.717, 1.165) is 6.26 Å². The molecule has 1 aromatic carbocycles. The van der Waals surface area contributed by atoms with Crippen LogP contribution >= 0.6 is 0 Å². The average Bonchev–Trinajstić information content (AvgIpc) is 2.30. The molecule has 0 atom stereocenters. The highest BCUT2D eigenvalue weighted by molar-refractivity contribution is 7.88. The highest BCUT2D eigenvalue weighted by Gasteiger charge is 2.11. The second-order valence-corrected chi connectivity index (χ2v) is 5.81. The number of nitrogen functional groups attached to an aromatic ring is 1. The van der Waals surface area contributed by atoms with E-state index in [9.17, 15) is 17.6 Å². The molecule has 0 heterocycles. The molecule has 8 heteroatoms. The predicted octanol–water partition coefficient (Wildman–Crippen LogP) is 0.0770. The summed E-state index contributed by atoms with van der Waals surface area (Å²) in [5, 5.41) is 2.53. The summed E-state index contributed by atoms with van der Waals surface area (Å²) >= 11 is 0. The number of rotatable bonds is 6. The molecule has 0 aliphatic rings. The monoisotopic (exact) mass is 289 g/mol. The summed E-state index contributed by atoms with van der Waals surface area (Å²) < 4.78 is 37.0. The van der Waals surface area contributed by atoms with Crippen LogP contribution in [0.25, 0.3) is 0 Å². The van der Waals surface area contributed by atoms with Crippen LogP contribution in [0.3, 0.4) is 0 Å². The Balaban J connectivity index is 2.42. The summed E-state index contributed by atoms with van der Waals surface area (Å²) in [6.07, 6.45) is 1.48. The van der Waals surface area contributed by atoms with Crippen molar-refractivity contribution in [2.75, 3.05) is 25.1 Å². The summed E-state index contributed by atoms with van der Waals surface area (Å²) in [5.74, 6) is -1.14. The molecule has 0 bridgehead atoms. The Labute approximate surface area is 111 Å². The van der Waals surface area contributed by atoms with E-state index < -0.39 is 21.7 Å². The maximum Gasteiger partial charge on any atom is 0.253 e. The number of anilines is 1. The molecule has 0 radical (unpaired) electrons. The van der Waals surface area contributed by atoms with Crippen molar-refractivity contribution in [1.82, 2.24) is 10.0 Å². The van der Waals surface area contributed by atoms with Crippen LogP contribution < -0.4 is 15.8 Å². The first-order valence-corrected chi connectivity index (χ1v) is 7.47. The quantitative estimate of drug-likeness (QED) is 0.510. The minimum Gasteiger partial charge on any atom is -0.396 e. The van der Waals surface area contributed by atoms with Crippen molar-refractivity contribution < 1.29 is 17.6 Å². The van der Waals surface area contributed by atoms with Gasteiger partial charge in [0.05, 0.1) is 17.5 Å². The minimum atomic E-state index is -3.22. The van der Waals surface area contributed by atoms with Gasteiger partial charge >= 0.3 is 0 Å². The Morgan fingerprint density at radius 3 is 2.68 bits per heavy atom. The van der Waals surface area contributed by atoms with E-state index >= 15 is 0 Å². The SMILES string of the molecule is CS(=O)(=O)NCCCNC(=O)c1cccc(F)c1N. The molecule has 0 unspecified atom stereocenters. The first-order chi connectivity index (χ1) is 8.81. The fourth-order valence-corrected chi connectivity index (χ4v) is 1.89. The normalized spacial score (nSPS) is 11.3. The predicted molar refractivity (Wildman–Crippen MR) is 70.6 cm³/mol. The highest BCUT2D eigenvalue weighted by Crippen LogP contribution is 2.15. The Morgan fingerprint density at radius 2 is 2.05 bits per heavy atom. The molecule has 0 saturated heterocycles. The molecular formula is C11H16FN3O3S. The average molecular weight is 289 g/mol. The van der Waals surface area contributed by atoms with Crippen molar-refractivity contribution in [1.29, 1.82) is 0 Å². The van der Waals surface area contributed by atoms with E-state index in [2.05, 4.69) is 10.0 Å². The zero-order chi connectivity index (χ0) is 14.5. The summed E-state index contributed by atoms with van der Waals surface area (Å²) in [4.78, 5) is 11.7. The topological polar surface area (TPSA) is 101 Å². The first kappa shape index (κ1) is 15.4. The van der Waals surface area contributed by atoms with E-state index in [1.807, 2.05) is 0 Å². The van der Waals surface area contributed by atoms with Gasteiger partial charge in [-0.1, -0.05) is 6.07 Å². The van der Waals surface area contributed by atoms with Gasteiger partial charge in [-0.25, -0.2) is 17.5 Å². The molecule has 1 amide bonds. The van der Waals surface area contributed by atoms with Crippen LogP contribution in [0.4, 0.5) is 10.1 Å². The summed E-state index contributed by atoms with van der Waals surface area (Å²) in [5.41, 5.74) is 5.31. The van der Waals surface area contributed by atoms with Crippen molar-refractivity contribution in [2.24, 2.45) is 0 Å². The van der Waals surface area contributed by atoms with Crippen molar-refractivity contribution in [3.05, 3.63) is 29.6 Å². The zero-order valence-electron chi connectivity index (χ0n) is 10.4. The molecule has 6 nitrogen and oxygen atoms in total. The molecule has 1 rings (SSSR count). The van der Waals surface area contributed by atoms with Crippen LogP contribution in [0, 0.1) is 5.82 Å². The number of carbonyl (C=O) groups is 1. The van der Waals surface area contributed by atoms with E-state index in [1.165, 1.54) is 18.2 Å². The lowest BCUT2D eigenvalue weighted by Crippen LogP contribution is -2.29. The molecule has 1 aromatic rings. The summed E-state index contributed by atoms with van der Waals surface area (Å²) in [6.45, 7) is 0.481. The second-order valence-electron chi connectivity index (χ2n) is 3.98. The number of benzene rings is 1. The zero-order valence-corrected chi connectivity index (χ0v) is 11.3. The Hall–Kier alpha value is -1.67. The lowest BCUT2D eigenvalue weighted by molar-refractivity contribution is 0.0954. The number of para-hydroxylation sites is 1. The van der Waals surface area contributed by atoms with Gasteiger partial charge in [0, 0.05) is 13.1 Å². The highest BCUT2D eigenvalue weighted by atomic mass is 32.2. The van der Waals surface area contributed by atoms with Crippen LogP contribution in [-0.2, 0) is 10.0 Å². The van der Waals surface area contributed by atoms with Crippen LogP contribution in [0.1, 0.15) is 16.8 Å². The van der Waals surface area contributed by atoms with E-state index in [0.29, 0.717) is 6.42 Å². The van der Waals surface area contributed by atoms with Crippen LogP contribution in [0.2, 0.25) is 0 Å². The summed E-state index contributed by atoms with van der Waals surface area (Å²) in [6, 6.07) is 3.98. The fourth-order valence-electron chi connectivity index (χ4n) is 1.38. The number of hydrogen-bond donors (Lipinski definition) is 3. The second kappa shape index (κ2) is 6.48. The van der Waals surface area contributed by atoms with Gasteiger partial charge in [-0.3, -0.25) is 4.79 Å².